The molecule has 3 N–H and O–H groups in total. The van der Waals surface area contributed by atoms with Crippen LogP contribution in [-0.4, -0.2) is 13.1 Å². The normalized spacial score (nSPS) is 10.0. The molecule has 0 aliphatic rings. The van der Waals surface area contributed by atoms with Crippen molar-refractivity contribution in [3.8, 4) is 0 Å². The first-order chi connectivity index (χ1) is 10.1. The maximum absolute atomic E-state index is 13.0. The molecule has 0 bridgehead atoms. The number of hydrogen-bond donors (Lipinski definition) is 3. The van der Waals surface area contributed by atoms with E-state index in [9.17, 15) is 13.6 Å². The molecule has 2 aromatic rings. The van der Waals surface area contributed by atoms with Crippen molar-refractivity contribution >= 4 is 17.4 Å². The van der Waals surface area contributed by atoms with Crippen molar-refractivity contribution in [1.29, 1.82) is 0 Å². The van der Waals surface area contributed by atoms with Crippen molar-refractivity contribution in [3.05, 3.63) is 59.7 Å². The molecule has 110 valence electrons. The van der Waals surface area contributed by atoms with E-state index in [1.54, 1.807) is 24.3 Å². The molecule has 6 heteroatoms. The van der Waals surface area contributed by atoms with Gasteiger partial charge in [-0.2, -0.15) is 0 Å². The molecule has 0 unspecified atom stereocenters. The summed E-state index contributed by atoms with van der Waals surface area (Å²) in [6.07, 6.45) is 0. The SMILES string of the molecule is CNC(=O)Nc1ccc(NCc2cc(F)cc(F)c2)cc1. The van der Waals surface area contributed by atoms with E-state index in [1.807, 2.05) is 0 Å². The molecule has 0 aliphatic carbocycles. The van der Waals surface area contributed by atoms with Crippen LogP contribution in [0.1, 0.15) is 5.56 Å². The lowest BCUT2D eigenvalue weighted by Gasteiger charge is -2.09. The van der Waals surface area contributed by atoms with Crippen LogP contribution in [0.25, 0.3) is 0 Å². The fourth-order valence-corrected chi connectivity index (χ4v) is 1.78. The van der Waals surface area contributed by atoms with Gasteiger partial charge in [0.2, 0.25) is 0 Å². The Bertz CT molecular complexity index is 609. The lowest BCUT2D eigenvalue weighted by Crippen LogP contribution is -2.24. The highest BCUT2D eigenvalue weighted by Gasteiger charge is 2.02. The average molecular weight is 291 g/mol. The van der Waals surface area contributed by atoms with Crippen molar-refractivity contribution in [2.24, 2.45) is 0 Å². The van der Waals surface area contributed by atoms with E-state index in [4.69, 9.17) is 0 Å². The van der Waals surface area contributed by atoms with Gasteiger partial charge in [0.1, 0.15) is 11.6 Å². The Morgan fingerprint density at radius 2 is 1.57 bits per heavy atom. The van der Waals surface area contributed by atoms with Crippen molar-refractivity contribution in [2.75, 3.05) is 17.7 Å². The van der Waals surface area contributed by atoms with Crippen LogP contribution in [-0.2, 0) is 6.54 Å². The molecule has 0 saturated carbocycles. The summed E-state index contributed by atoms with van der Waals surface area (Å²) in [6.45, 7) is 0.302. The Morgan fingerprint density at radius 3 is 2.14 bits per heavy atom. The molecule has 0 fully saturated rings. The summed E-state index contributed by atoms with van der Waals surface area (Å²) < 4.78 is 26.1. The minimum atomic E-state index is -0.600. The highest BCUT2D eigenvalue weighted by atomic mass is 19.1. The van der Waals surface area contributed by atoms with Crippen molar-refractivity contribution < 1.29 is 13.6 Å². The van der Waals surface area contributed by atoms with E-state index in [1.165, 1.54) is 19.2 Å². The van der Waals surface area contributed by atoms with Crippen LogP contribution in [0.2, 0.25) is 0 Å². The second-order valence-electron chi connectivity index (χ2n) is 4.41. The largest absolute Gasteiger partial charge is 0.381 e. The quantitative estimate of drug-likeness (QED) is 0.809. The minimum absolute atomic E-state index is 0.300. The predicted molar refractivity (Wildman–Crippen MR) is 78.2 cm³/mol. The third-order valence-corrected chi connectivity index (χ3v) is 2.79. The molecule has 21 heavy (non-hydrogen) atoms. The molecular weight excluding hydrogens is 276 g/mol. The molecule has 4 nitrogen and oxygen atoms in total. The molecule has 2 rings (SSSR count). The van der Waals surface area contributed by atoms with Crippen LogP contribution < -0.4 is 16.0 Å². The van der Waals surface area contributed by atoms with Crippen LogP contribution >= 0.6 is 0 Å². The van der Waals surface area contributed by atoms with Crippen LogP contribution in [0.4, 0.5) is 25.0 Å². The molecular formula is C15H15F2N3O. The fraction of sp³-hybridized carbons (Fsp3) is 0.133. The monoisotopic (exact) mass is 291 g/mol. The van der Waals surface area contributed by atoms with Crippen LogP contribution in [0.15, 0.2) is 42.5 Å². The van der Waals surface area contributed by atoms with Gasteiger partial charge in [0, 0.05) is 31.0 Å². The van der Waals surface area contributed by atoms with E-state index in [0.29, 0.717) is 17.8 Å². The number of urea groups is 1. The summed E-state index contributed by atoms with van der Waals surface area (Å²) in [5, 5.41) is 8.13. The van der Waals surface area contributed by atoms with Gasteiger partial charge in [-0.1, -0.05) is 0 Å². The van der Waals surface area contributed by atoms with E-state index in [0.717, 1.165) is 11.8 Å². The van der Waals surface area contributed by atoms with E-state index in [-0.39, 0.29) is 6.03 Å². The van der Waals surface area contributed by atoms with E-state index >= 15 is 0 Å². The van der Waals surface area contributed by atoms with Gasteiger partial charge in [0.25, 0.3) is 0 Å². The summed E-state index contributed by atoms with van der Waals surface area (Å²) in [6, 6.07) is 10.1. The highest BCUT2D eigenvalue weighted by Crippen LogP contribution is 2.15. The number of carbonyl (C=O) groups excluding carboxylic acids is 1. The standard InChI is InChI=1S/C15H15F2N3O/c1-18-15(21)20-14-4-2-13(3-5-14)19-9-10-6-11(16)8-12(17)7-10/h2-8,19H,9H2,1H3,(H2,18,20,21). The Balaban J connectivity index is 1.95. The minimum Gasteiger partial charge on any atom is -0.381 e. The highest BCUT2D eigenvalue weighted by molar-refractivity contribution is 5.89. The van der Waals surface area contributed by atoms with Gasteiger partial charge >= 0.3 is 6.03 Å². The Morgan fingerprint density at radius 1 is 1.00 bits per heavy atom. The maximum atomic E-state index is 13.0. The second-order valence-corrected chi connectivity index (χ2v) is 4.41. The molecule has 0 heterocycles. The summed E-state index contributed by atoms with van der Waals surface area (Å²) in [4.78, 5) is 11.1. The number of nitrogens with one attached hydrogen (secondary N) is 3. The molecule has 0 aromatic heterocycles. The van der Waals surface area contributed by atoms with Gasteiger partial charge in [0.05, 0.1) is 0 Å². The molecule has 0 aliphatic heterocycles. The summed E-state index contributed by atoms with van der Waals surface area (Å²) in [5.74, 6) is -1.20. The lowest BCUT2D eigenvalue weighted by molar-refractivity contribution is 0.254. The van der Waals surface area contributed by atoms with Gasteiger partial charge < -0.3 is 16.0 Å². The van der Waals surface area contributed by atoms with Crippen LogP contribution in [0.5, 0.6) is 0 Å². The van der Waals surface area contributed by atoms with Gasteiger partial charge in [-0.15, -0.1) is 0 Å². The third kappa shape index (κ3) is 4.45. The Hall–Kier alpha value is -2.63. The molecule has 0 radical (unpaired) electrons. The molecule has 0 saturated heterocycles. The van der Waals surface area contributed by atoms with E-state index in [2.05, 4.69) is 16.0 Å². The zero-order chi connectivity index (χ0) is 15.2. The number of anilines is 2. The molecule has 0 spiro atoms. The first kappa shape index (κ1) is 14.8. The van der Waals surface area contributed by atoms with Gasteiger partial charge in [-0.05, 0) is 42.0 Å². The van der Waals surface area contributed by atoms with Gasteiger partial charge in [-0.3, -0.25) is 0 Å². The van der Waals surface area contributed by atoms with Gasteiger partial charge in [-0.25, -0.2) is 13.6 Å². The lowest BCUT2D eigenvalue weighted by atomic mass is 10.2. The number of hydrogen-bond acceptors (Lipinski definition) is 2. The van der Waals surface area contributed by atoms with Gasteiger partial charge in [0.15, 0.2) is 0 Å². The van der Waals surface area contributed by atoms with Crippen LogP contribution in [0, 0.1) is 11.6 Å². The predicted octanol–water partition coefficient (Wildman–Crippen LogP) is 3.33. The zero-order valence-corrected chi connectivity index (χ0v) is 11.4. The number of rotatable bonds is 4. The second kappa shape index (κ2) is 6.69. The summed E-state index contributed by atoms with van der Waals surface area (Å²) in [7, 11) is 1.53. The third-order valence-electron chi connectivity index (χ3n) is 2.79. The Kier molecular flexibility index (Phi) is 4.71. The number of benzene rings is 2. The summed E-state index contributed by atoms with van der Waals surface area (Å²) in [5.41, 5.74) is 1.94. The van der Waals surface area contributed by atoms with E-state index < -0.39 is 11.6 Å². The maximum Gasteiger partial charge on any atom is 0.318 e. The average Bonchev–Trinajstić information content (AvgIpc) is 2.45. The molecule has 2 amide bonds. The summed E-state index contributed by atoms with van der Waals surface area (Å²) >= 11 is 0. The fourth-order valence-electron chi connectivity index (χ4n) is 1.78. The van der Waals surface area contributed by atoms with Crippen molar-refractivity contribution in [2.45, 2.75) is 6.54 Å². The van der Waals surface area contributed by atoms with Crippen molar-refractivity contribution in [1.82, 2.24) is 5.32 Å². The first-order valence-electron chi connectivity index (χ1n) is 6.34. The molecule has 2 aromatic carbocycles. The number of amides is 2. The first-order valence-corrected chi connectivity index (χ1v) is 6.34. The number of halogens is 2. The topological polar surface area (TPSA) is 53.2 Å². The van der Waals surface area contributed by atoms with Crippen LogP contribution in [0.3, 0.4) is 0 Å². The zero-order valence-electron chi connectivity index (χ0n) is 11.4. The molecule has 0 atom stereocenters. The van der Waals surface area contributed by atoms with Crippen molar-refractivity contribution in [3.63, 3.8) is 0 Å². The Labute approximate surface area is 121 Å². The smallest absolute Gasteiger partial charge is 0.318 e. The number of carbonyl (C=O) groups is 1.